The fourth-order valence-electron chi connectivity index (χ4n) is 0.846. The average Bonchev–Trinajstić information content (AvgIpc) is 2.02. The molecule has 0 fully saturated rings. The van der Waals surface area contributed by atoms with Gasteiger partial charge in [0.1, 0.15) is 0 Å². The number of nitro benzene ring substituents is 1. The van der Waals surface area contributed by atoms with Crippen molar-refractivity contribution < 1.29 is 4.92 Å². The van der Waals surface area contributed by atoms with E-state index < -0.39 is 8.72 Å². The van der Waals surface area contributed by atoms with Gasteiger partial charge in [0.25, 0.3) is 5.69 Å². The first-order valence-electron chi connectivity index (χ1n) is 3.37. The Labute approximate surface area is 129 Å². The Hall–Kier alpha value is 0.840. The van der Waals surface area contributed by atoms with Gasteiger partial charge in [-0.25, -0.2) is 0 Å². The van der Waals surface area contributed by atoms with Crippen molar-refractivity contribution in [1.29, 1.82) is 0 Å². The number of nitrogens with zero attached hydrogens (tertiary/aromatic N) is 1. The Bertz CT molecular complexity index is 383. The molecule has 3 nitrogen and oxygen atoms in total. The first kappa shape index (κ1) is 15.8. The van der Waals surface area contributed by atoms with Crippen LogP contribution in [0.15, 0.2) is 23.1 Å². The van der Waals surface area contributed by atoms with Crippen LogP contribution in [0.5, 0.6) is 0 Å². The fraction of sp³-hybridized carbons (Fsp3) is 0.143. The number of hydrogen-bond donors (Lipinski definition) is 1. The average molecular weight is 297 g/mol. The molecular formula is C7H5Cl3NNaO2S. The maximum atomic E-state index is 10.5. The summed E-state index contributed by atoms with van der Waals surface area (Å²) in [5, 5.41) is 10.5. The van der Waals surface area contributed by atoms with Crippen LogP contribution in [0.1, 0.15) is 5.56 Å². The van der Waals surface area contributed by atoms with Crippen molar-refractivity contribution in [3.63, 3.8) is 0 Å². The topological polar surface area (TPSA) is 43.1 Å². The Balaban J connectivity index is 0.00000196. The number of hydrogen-bond acceptors (Lipinski definition) is 3. The first-order chi connectivity index (χ1) is 6.32. The van der Waals surface area contributed by atoms with E-state index in [-0.39, 0.29) is 45.7 Å². The SMILES string of the molecule is O=[N+]([O-])c1cc(C(Cl)(Cl)Cl)ccc1S.[NaH]. The number of halogens is 3. The number of nitro groups is 1. The second kappa shape index (κ2) is 5.96. The molecule has 0 spiro atoms. The predicted molar refractivity (Wildman–Crippen MR) is 66.7 cm³/mol. The van der Waals surface area contributed by atoms with E-state index in [1.165, 1.54) is 18.2 Å². The summed E-state index contributed by atoms with van der Waals surface area (Å²) in [6, 6.07) is 4.08. The van der Waals surface area contributed by atoms with Crippen molar-refractivity contribution in [3.8, 4) is 0 Å². The molecule has 0 bridgehead atoms. The Morgan fingerprint density at radius 1 is 1.33 bits per heavy atom. The summed E-state index contributed by atoms with van der Waals surface area (Å²) in [6.45, 7) is 0. The number of thiol groups is 1. The Morgan fingerprint density at radius 3 is 2.27 bits per heavy atom. The van der Waals surface area contributed by atoms with Gasteiger partial charge in [-0.3, -0.25) is 10.1 Å². The minimum absolute atomic E-state index is 0. The van der Waals surface area contributed by atoms with Gasteiger partial charge in [0.05, 0.1) is 9.82 Å². The van der Waals surface area contributed by atoms with E-state index in [0.29, 0.717) is 0 Å². The van der Waals surface area contributed by atoms with Gasteiger partial charge in [-0.1, -0.05) is 40.9 Å². The van der Waals surface area contributed by atoms with Crippen LogP contribution in [0.4, 0.5) is 5.69 Å². The summed E-state index contributed by atoms with van der Waals surface area (Å²) in [7, 11) is 0. The molecule has 1 aromatic carbocycles. The minimum atomic E-state index is -1.66. The van der Waals surface area contributed by atoms with Crippen molar-refractivity contribution in [1.82, 2.24) is 0 Å². The molecule has 1 aromatic rings. The van der Waals surface area contributed by atoms with Crippen LogP contribution in [0, 0.1) is 10.1 Å². The first-order valence-corrected chi connectivity index (χ1v) is 4.95. The predicted octanol–water partition coefficient (Wildman–Crippen LogP) is 3.06. The van der Waals surface area contributed by atoms with Crippen LogP contribution in [0.25, 0.3) is 0 Å². The maximum absolute atomic E-state index is 10.5. The van der Waals surface area contributed by atoms with Gasteiger partial charge >= 0.3 is 29.6 Å². The van der Waals surface area contributed by atoms with Crippen molar-refractivity contribution in [2.45, 2.75) is 8.69 Å². The monoisotopic (exact) mass is 295 g/mol. The van der Waals surface area contributed by atoms with Gasteiger partial charge in [-0.2, -0.15) is 0 Å². The Morgan fingerprint density at radius 2 is 1.87 bits per heavy atom. The summed E-state index contributed by atoms with van der Waals surface area (Å²) in [5.41, 5.74) is 0.0594. The normalized spacial score (nSPS) is 10.7. The Kier molecular flexibility index (Phi) is 6.29. The zero-order valence-electron chi connectivity index (χ0n) is 6.58. The van der Waals surface area contributed by atoms with Crippen molar-refractivity contribution >= 4 is 82.7 Å². The molecule has 1 rings (SSSR count). The molecule has 0 aliphatic rings. The molecule has 0 saturated carbocycles. The summed E-state index contributed by atoms with van der Waals surface area (Å²) in [5.74, 6) is 0. The molecule has 15 heavy (non-hydrogen) atoms. The molecule has 8 heteroatoms. The number of rotatable bonds is 1. The number of alkyl halides is 3. The van der Waals surface area contributed by atoms with Crippen molar-refractivity contribution in [2.75, 3.05) is 0 Å². The second-order valence-corrected chi connectivity index (χ2v) is 5.22. The van der Waals surface area contributed by atoms with Crippen LogP contribution in [-0.2, 0) is 3.79 Å². The summed E-state index contributed by atoms with van der Waals surface area (Å²) < 4.78 is -1.66. The third kappa shape index (κ3) is 4.30. The molecule has 0 unspecified atom stereocenters. The van der Waals surface area contributed by atoms with Gasteiger partial charge in [-0.05, 0) is 6.07 Å². The van der Waals surface area contributed by atoms with Crippen LogP contribution in [-0.4, -0.2) is 34.5 Å². The van der Waals surface area contributed by atoms with Crippen LogP contribution < -0.4 is 0 Å². The summed E-state index contributed by atoms with van der Waals surface area (Å²) in [4.78, 5) is 10.2. The molecule has 0 atom stereocenters. The molecule has 0 radical (unpaired) electrons. The fourth-order valence-corrected chi connectivity index (χ4v) is 1.42. The van der Waals surface area contributed by atoms with Gasteiger partial charge in [-0.15, -0.1) is 12.6 Å². The molecule has 0 heterocycles. The molecule has 0 amide bonds. The van der Waals surface area contributed by atoms with Gasteiger partial charge in [0.15, 0.2) is 0 Å². The zero-order chi connectivity index (χ0) is 10.9. The van der Waals surface area contributed by atoms with Crippen molar-refractivity contribution in [3.05, 3.63) is 33.9 Å². The molecule has 0 aromatic heterocycles. The second-order valence-electron chi connectivity index (χ2n) is 2.46. The van der Waals surface area contributed by atoms with E-state index in [2.05, 4.69) is 12.6 Å². The van der Waals surface area contributed by atoms with E-state index in [4.69, 9.17) is 34.8 Å². The van der Waals surface area contributed by atoms with Crippen LogP contribution in [0.2, 0.25) is 0 Å². The van der Waals surface area contributed by atoms with Gasteiger partial charge in [0, 0.05) is 11.6 Å². The van der Waals surface area contributed by atoms with Crippen LogP contribution >= 0.6 is 47.4 Å². The standard InChI is InChI=1S/C7H4Cl3NO2S.Na.H/c8-7(9,10)4-1-2-6(14)5(3-4)11(12)13;;/h1-3,14H;;. The number of benzene rings is 1. The quantitative estimate of drug-likeness (QED) is 0.284. The zero-order valence-corrected chi connectivity index (χ0v) is 9.74. The van der Waals surface area contributed by atoms with Gasteiger partial charge < -0.3 is 0 Å². The van der Waals surface area contributed by atoms with Crippen LogP contribution in [0.3, 0.4) is 0 Å². The summed E-state index contributed by atoms with van der Waals surface area (Å²) >= 11 is 20.6. The van der Waals surface area contributed by atoms with E-state index in [0.717, 1.165) is 0 Å². The molecule has 0 aliphatic heterocycles. The molecular weight excluding hydrogens is 291 g/mol. The van der Waals surface area contributed by atoms with E-state index in [1.54, 1.807) is 0 Å². The third-order valence-electron chi connectivity index (χ3n) is 1.50. The third-order valence-corrected chi connectivity index (χ3v) is 2.53. The van der Waals surface area contributed by atoms with E-state index in [1.807, 2.05) is 0 Å². The molecule has 0 N–H and O–H groups in total. The van der Waals surface area contributed by atoms with Gasteiger partial charge in [0.2, 0.25) is 3.79 Å². The molecule has 0 saturated heterocycles. The molecule has 78 valence electrons. The summed E-state index contributed by atoms with van der Waals surface area (Å²) in [6.07, 6.45) is 0. The molecule has 0 aliphatic carbocycles. The van der Waals surface area contributed by atoms with E-state index in [9.17, 15) is 10.1 Å². The van der Waals surface area contributed by atoms with E-state index >= 15 is 0 Å². The van der Waals surface area contributed by atoms with Crippen molar-refractivity contribution in [2.24, 2.45) is 0 Å².